The van der Waals surface area contributed by atoms with Gasteiger partial charge in [0.25, 0.3) is 11.1 Å². The molecule has 2 aromatic carbocycles. The maximum atomic E-state index is 12.5. The first kappa shape index (κ1) is 17.4. The fourth-order valence-corrected chi connectivity index (χ4v) is 3.15. The van der Waals surface area contributed by atoms with Gasteiger partial charge in [-0.2, -0.15) is 0 Å². The lowest BCUT2D eigenvalue weighted by atomic mass is 10.1. The molecule has 0 aliphatic carbocycles. The van der Waals surface area contributed by atoms with Crippen molar-refractivity contribution in [3.8, 4) is 5.75 Å². The molecule has 1 fully saturated rings. The van der Waals surface area contributed by atoms with Gasteiger partial charge < -0.3 is 14.5 Å². The van der Waals surface area contributed by atoms with E-state index in [9.17, 15) is 4.79 Å². The van der Waals surface area contributed by atoms with E-state index in [0.29, 0.717) is 16.5 Å². The number of carbonyl (C=O) groups excluding carboxylic acids is 1. The number of nitrogens with zero attached hydrogens (tertiary/aromatic N) is 2. The Balaban J connectivity index is 1.63. The quantitative estimate of drug-likeness (QED) is 0.777. The zero-order valence-corrected chi connectivity index (χ0v) is 15.2. The van der Waals surface area contributed by atoms with Crippen LogP contribution in [0.25, 0.3) is 0 Å². The number of benzene rings is 2. The Bertz CT molecular complexity index is 725. The van der Waals surface area contributed by atoms with E-state index >= 15 is 0 Å². The molecule has 25 heavy (non-hydrogen) atoms. The van der Waals surface area contributed by atoms with Gasteiger partial charge in [0.1, 0.15) is 5.75 Å². The minimum Gasteiger partial charge on any atom is -0.432 e. The van der Waals surface area contributed by atoms with Gasteiger partial charge >= 0.3 is 0 Å². The van der Waals surface area contributed by atoms with Gasteiger partial charge in [0.2, 0.25) is 0 Å². The predicted molar refractivity (Wildman–Crippen MR) is 104 cm³/mol. The second kappa shape index (κ2) is 8.12. The number of ether oxygens (including phenoxy) is 1. The third-order valence-electron chi connectivity index (χ3n) is 4.37. The molecule has 0 atom stereocenters. The monoisotopic (exact) mass is 354 g/mol. The smallest absolute Gasteiger partial charge is 0.264 e. The zero-order chi connectivity index (χ0) is 17.6. The van der Waals surface area contributed by atoms with Crippen molar-refractivity contribution in [2.24, 2.45) is 0 Å². The van der Waals surface area contributed by atoms with Crippen molar-refractivity contribution in [3.63, 3.8) is 0 Å². The maximum absolute atomic E-state index is 12.5. The normalized spacial score (nSPS) is 14.0. The Morgan fingerprint density at radius 3 is 2.28 bits per heavy atom. The summed E-state index contributed by atoms with van der Waals surface area (Å²) in [7, 11) is 1.77. The fraction of sp³-hybridized carbons (Fsp3) is 0.300. The van der Waals surface area contributed by atoms with Crippen molar-refractivity contribution in [3.05, 3.63) is 60.2 Å². The molecule has 0 bridgehead atoms. The zero-order valence-electron chi connectivity index (χ0n) is 14.4. The average Bonchev–Trinajstić information content (AvgIpc) is 2.69. The highest BCUT2D eigenvalue weighted by Crippen LogP contribution is 2.21. The van der Waals surface area contributed by atoms with Gasteiger partial charge in [-0.25, -0.2) is 0 Å². The number of hydrogen-bond donors (Lipinski definition) is 0. The van der Waals surface area contributed by atoms with E-state index in [2.05, 4.69) is 4.90 Å². The van der Waals surface area contributed by atoms with Crippen LogP contribution < -0.4 is 9.64 Å². The molecule has 1 saturated heterocycles. The lowest BCUT2D eigenvalue weighted by molar-refractivity contribution is 0.0993. The number of anilines is 1. The standard InChI is InChI=1S/C20H22N2O2S/c1-21(19(23)16-8-4-2-5-9-16)17-10-12-18(13-11-17)24-20(25)22-14-6-3-7-15-22/h2,4-5,8-13H,3,6-7,14-15H2,1H3. The van der Waals surface area contributed by atoms with E-state index in [-0.39, 0.29) is 5.91 Å². The number of likely N-dealkylation sites (tertiary alicyclic amines) is 1. The van der Waals surface area contributed by atoms with Gasteiger partial charge in [-0.3, -0.25) is 4.79 Å². The van der Waals surface area contributed by atoms with Crippen LogP contribution in [0, 0.1) is 0 Å². The highest BCUT2D eigenvalue weighted by atomic mass is 32.1. The molecule has 0 aromatic heterocycles. The first-order valence-corrected chi connectivity index (χ1v) is 8.96. The third-order valence-corrected chi connectivity index (χ3v) is 4.71. The molecule has 1 aliphatic heterocycles. The van der Waals surface area contributed by atoms with Gasteiger partial charge in [0, 0.05) is 31.4 Å². The van der Waals surface area contributed by atoms with Crippen LogP contribution in [0.1, 0.15) is 29.6 Å². The van der Waals surface area contributed by atoms with E-state index in [4.69, 9.17) is 17.0 Å². The van der Waals surface area contributed by atoms with Crippen molar-refractivity contribution in [1.82, 2.24) is 4.90 Å². The number of thiocarbonyl (C=S) groups is 1. The molecule has 1 heterocycles. The average molecular weight is 354 g/mol. The van der Waals surface area contributed by atoms with Crippen LogP contribution in [-0.4, -0.2) is 36.1 Å². The van der Waals surface area contributed by atoms with Crippen LogP contribution in [0.3, 0.4) is 0 Å². The molecule has 1 aliphatic rings. The topological polar surface area (TPSA) is 32.8 Å². The van der Waals surface area contributed by atoms with Crippen LogP contribution in [0.2, 0.25) is 0 Å². The van der Waals surface area contributed by atoms with E-state index in [1.807, 2.05) is 54.6 Å². The molecular formula is C20H22N2O2S. The maximum Gasteiger partial charge on any atom is 0.264 e. The highest BCUT2D eigenvalue weighted by molar-refractivity contribution is 7.80. The second-order valence-electron chi connectivity index (χ2n) is 6.14. The van der Waals surface area contributed by atoms with Gasteiger partial charge in [-0.15, -0.1) is 0 Å². The predicted octanol–water partition coefficient (Wildman–Crippen LogP) is 4.11. The lowest BCUT2D eigenvalue weighted by Gasteiger charge is -2.28. The number of hydrogen-bond acceptors (Lipinski definition) is 3. The summed E-state index contributed by atoms with van der Waals surface area (Å²) in [5.74, 6) is 0.651. The minimum atomic E-state index is -0.0434. The van der Waals surface area contributed by atoms with Crippen LogP contribution >= 0.6 is 12.2 Å². The van der Waals surface area contributed by atoms with E-state index in [1.54, 1.807) is 11.9 Å². The number of carbonyl (C=O) groups is 1. The number of amides is 1. The summed E-state index contributed by atoms with van der Waals surface area (Å²) >= 11 is 5.38. The summed E-state index contributed by atoms with van der Waals surface area (Å²) in [5, 5.41) is 0.529. The lowest BCUT2D eigenvalue weighted by Crippen LogP contribution is -2.37. The number of rotatable bonds is 3. The van der Waals surface area contributed by atoms with E-state index < -0.39 is 0 Å². The van der Waals surface area contributed by atoms with E-state index in [1.165, 1.54) is 6.42 Å². The van der Waals surface area contributed by atoms with Gasteiger partial charge in [-0.05, 0) is 67.9 Å². The van der Waals surface area contributed by atoms with Crippen LogP contribution in [0.15, 0.2) is 54.6 Å². The first-order chi connectivity index (χ1) is 12.1. The molecule has 0 N–H and O–H groups in total. The van der Waals surface area contributed by atoms with Crippen LogP contribution in [0.4, 0.5) is 5.69 Å². The Morgan fingerprint density at radius 2 is 1.64 bits per heavy atom. The summed E-state index contributed by atoms with van der Waals surface area (Å²) in [4.78, 5) is 16.2. The Morgan fingerprint density at radius 1 is 1.00 bits per heavy atom. The summed E-state index contributed by atoms with van der Waals surface area (Å²) in [6.07, 6.45) is 3.58. The van der Waals surface area contributed by atoms with Gasteiger partial charge in [-0.1, -0.05) is 18.2 Å². The number of piperidine rings is 1. The summed E-state index contributed by atoms with van der Waals surface area (Å²) in [6.45, 7) is 1.93. The van der Waals surface area contributed by atoms with Crippen molar-refractivity contribution in [1.29, 1.82) is 0 Å². The van der Waals surface area contributed by atoms with Crippen LogP contribution in [-0.2, 0) is 0 Å². The van der Waals surface area contributed by atoms with E-state index in [0.717, 1.165) is 31.6 Å². The molecule has 0 spiro atoms. The van der Waals surface area contributed by atoms with Crippen molar-refractivity contribution >= 4 is 29.0 Å². The Kier molecular flexibility index (Phi) is 5.66. The summed E-state index contributed by atoms with van der Waals surface area (Å²) in [5.41, 5.74) is 1.47. The molecule has 0 saturated carbocycles. The molecule has 4 nitrogen and oxygen atoms in total. The molecule has 130 valence electrons. The fourth-order valence-electron chi connectivity index (χ4n) is 2.87. The molecule has 0 radical (unpaired) electrons. The molecule has 3 rings (SSSR count). The Labute approximate surface area is 154 Å². The largest absolute Gasteiger partial charge is 0.432 e. The molecular weight excluding hydrogens is 332 g/mol. The third kappa shape index (κ3) is 4.37. The molecule has 0 unspecified atom stereocenters. The van der Waals surface area contributed by atoms with Gasteiger partial charge in [0.05, 0.1) is 0 Å². The molecule has 2 aromatic rings. The molecule has 1 amide bonds. The minimum absolute atomic E-state index is 0.0434. The highest BCUT2D eigenvalue weighted by Gasteiger charge is 2.16. The summed E-state index contributed by atoms with van der Waals surface area (Å²) < 4.78 is 5.79. The van der Waals surface area contributed by atoms with Gasteiger partial charge in [0.15, 0.2) is 0 Å². The first-order valence-electron chi connectivity index (χ1n) is 8.55. The SMILES string of the molecule is CN(C(=O)c1ccccc1)c1ccc(OC(=S)N2CCCCC2)cc1. The van der Waals surface area contributed by atoms with Crippen molar-refractivity contribution in [2.75, 3.05) is 25.0 Å². The molecule has 5 heteroatoms. The second-order valence-corrected chi connectivity index (χ2v) is 6.49. The van der Waals surface area contributed by atoms with Crippen LogP contribution in [0.5, 0.6) is 5.75 Å². The van der Waals surface area contributed by atoms with Crippen molar-refractivity contribution < 1.29 is 9.53 Å². The summed E-state index contributed by atoms with van der Waals surface area (Å²) in [6, 6.07) is 16.7. The Hall–Kier alpha value is -2.40. The van der Waals surface area contributed by atoms with Crippen molar-refractivity contribution in [2.45, 2.75) is 19.3 Å².